The minimum Gasteiger partial charge on any atom is -0.438 e. The fraction of sp³-hybridized carbons (Fsp3) is 0.267. The number of aromatic nitrogens is 5. The summed E-state index contributed by atoms with van der Waals surface area (Å²) in [5, 5.41) is 7.34. The van der Waals surface area contributed by atoms with Gasteiger partial charge in [0.1, 0.15) is 5.75 Å². The van der Waals surface area contributed by atoms with Crippen molar-refractivity contribution >= 4 is 17.4 Å². The zero-order valence-electron chi connectivity index (χ0n) is 22.0. The molecule has 8 nitrogen and oxygen atoms in total. The lowest BCUT2D eigenvalue weighted by Crippen LogP contribution is -2.14. The summed E-state index contributed by atoms with van der Waals surface area (Å²) in [7, 11) is 0. The van der Waals surface area contributed by atoms with E-state index in [2.05, 4.69) is 57.9 Å². The summed E-state index contributed by atoms with van der Waals surface area (Å²) in [6.07, 6.45) is 10.6. The molecule has 0 fully saturated rings. The van der Waals surface area contributed by atoms with Crippen LogP contribution in [0.5, 0.6) is 11.6 Å². The summed E-state index contributed by atoms with van der Waals surface area (Å²) in [6, 6.07) is 19.3. The lowest BCUT2D eigenvalue weighted by atomic mass is 9.87. The van der Waals surface area contributed by atoms with Crippen molar-refractivity contribution in [1.82, 2.24) is 24.1 Å². The van der Waals surface area contributed by atoms with Gasteiger partial charge in [-0.3, -0.25) is 4.79 Å². The fourth-order valence-electron chi connectivity index (χ4n) is 4.18. The van der Waals surface area contributed by atoms with Gasteiger partial charge in [-0.25, -0.2) is 14.5 Å². The topological polar surface area (TPSA) is 86.3 Å². The van der Waals surface area contributed by atoms with E-state index in [1.54, 1.807) is 16.8 Å². The van der Waals surface area contributed by atoms with Gasteiger partial charge in [0.05, 0.1) is 12.5 Å². The molecule has 5 rings (SSSR count). The van der Waals surface area contributed by atoms with E-state index in [0.29, 0.717) is 28.7 Å². The Morgan fingerprint density at radius 1 is 0.974 bits per heavy atom. The number of carbonyl (C=O) groups excluding carboxylic acids is 1. The van der Waals surface area contributed by atoms with Crippen LogP contribution in [0.3, 0.4) is 0 Å². The van der Waals surface area contributed by atoms with Crippen molar-refractivity contribution in [3.05, 3.63) is 102 Å². The number of fused-ring (bicyclic) bond motifs is 1. The van der Waals surface area contributed by atoms with Crippen molar-refractivity contribution in [2.75, 3.05) is 5.32 Å². The molecule has 0 aliphatic carbocycles. The van der Waals surface area contributed by atoms with Crippen molar-refractivity contribution < 1.29 is 9.53 Å². The quantitative estimate of drug-likeness (QED) is 0.237. The molecule has 3 heterocycles. The number of hydrogen-bond acceptors (Lipinski definition) is 5. The molecule has 0 bridgehead atoms. The summed E-state index contributed by atoms with van der Waals surface area (Å²) in [6.45, 7) is 7.42. The zero-order chi connectivity index (χ0) is 26.5. The average Bonchev–Trinajstić information content (AvgIpc) is 3.56. The number of imidazole rings is 2. The Hall–Kier alpha value is -4.46. The second-order valence-corrected chi connectivity index (χ2v) is 10.4. The van der Waals surface area contributed by atoms with Gasteiger partial charge in [-0.15, -0.1) is 5.10 Å². The predicted octanol–water partition coefficient (Wildman–Crippen LogP) is 6.29. The van der Waals surface area contributed by atoms with E-state index >= 15 is 0 Å². The van der Waals surface area contributed by atoms with Crippen LogP contribution in [-0.4, -0.2) is 30.1 Å². The molecule has 0 atom stereocenters. The van der Waals surface area contributed by atoms with Crippen LogP contribution in [0.25, 0.3) is 5.65 Å². The maximum Gasteiger partial charge on any atom is 0.256 e. The lowest BCUT2D eigenvalue weighted by molar-refractivity contribution is 0.102. The first-order valence-electron chi connectivity index (χ1n) is 12.8. The standard InChI is InChI=1S/C30H32N6O2/c1-30(2,3)24-11-9-23(10-12-24)29(37)33-26-20-36-27(32-26)15-16-28(34-36)38-25-13-7-22(8-14-25)6-4-5-18-35-19-17-31-21-35/h7-17,19-21H,4-6,18H2,1-3H3,(H,33,37). The van der Waals surface area contributed by atoms with Crippen LogP contribution in [0.15, 0.2) is 85.6 Å². The molecule has 3 aromatic heterocycles. The molecule has 8 heteroatoms. The molecule has 0 radical (unpaired) electrons. The minimum absolute atomic E-state index is 0.0332. The SMILES string of the molecule is CC(C)(C)c1ccc(C(=O)Nc2cn3nc(Oc4ccc(CCCCn5ccnc5)cc4)ccc3n2)cc1. The molecule has 5 aromatic rings. The summed E-state index contributed by atoms with van der Waals surface area (Å²) < 4.78 is 9.66. The molecule has 1 amide bonds. The Morgan fingerprint density at radius 3 is 2.47 bits per heavy atom. The molecule has 0 aliphatic heterocycles. The first-order chi connectivity index (χ1) is 18.3. The van der Waals surface area contributed by atoms with E-state index in [-0.39, 0.29) is 11.3 Å². The summed E-state index contributed by atoms with van der Waals surface area (Å²) in [4.78, 5) is 21.2. The molecule has 1 N–H and O–H groups in total. The van der Waals surface area contributed by atoms with Gasteiger partial charge in [0.2, 0.25) is 5.88 Å². The Labute approximate surface area is 222 Å². The van der Waals surface area contributed by atoms with Crippen LogP contribution in [0.4, 0.5) is 5.82 Å². The Morgan fingerprint density at radius 2 is 1.76 bits per heavy atom. The molecule has 0 aliphatic rings. The van der Waals surface area contributed by atoms with Gasteiger partial charge in [-0.05, 0) is 66.1 Å². The van der Waals surface area contributed by atoms with E-state index in [1.165, 1.54) is 11.1 Å². The van der Waals surface area contributed by atoms with Crippen molar-refractivity contribution in [2.24, 2.45) is 0 Å². The second kappa shape index (κ2) is 10.9. The van der Waals surface area contributed by atoms with Gasteiger partial charge in [0, 0.05) is 30.6 Å². The third kappa shape index (κ3) is 6.26. The number of anilines is 1. The van der Waals surface area contributed by atoms with E-state index in [9.17, 15) is 4.79 Å². The van der Waals surface area contributed by atoms with E-state index in [1.807, 2.05) is 61.2 Å². The molecule has 0 saturated heterocycles. The maximum absolute atomic E-state index is 12.7. The molecule has 194 valence electrons. The summed E-state index contributed by atoms with van der Waals surface area (Å²) in [5.41, 5.74) is 3.67. The van der Waals surface area contributed by atoms with E-state index < -0.39 is 0 Å². The van der Waals surface area contributed by atoms with Crippen LogP contribution >= 0.6 is 0 Å². The number of carbonyl (C=O) groups is 1. The fourth-order valence-corrected chi connectivity index (χ4v) is 4.18. The van der Waals surface area contributed by atoms with E-state index in [4.69, 9.17) is 4.74 Å². The third-order valence-electron chi connectivity index (χ3n) is 6.39. The normalized spacial score (nSPS) is 11.6. The van der Waals surface area contributed by atoms with Gasteiger partial charge < -0.3 is 14.6 Å². The second-order valence-electron chi connectivity index (χ2n) is 10.4. The van der Waals surface area contributed by atoms with E-state index in [0.717, 1.165) is 25.8 Å². The predicted molar refractivity (Wildman–Crippen MR) is 148 cm³/mol. The highest BCUT2D eigenvalue weighted by molar-refractivity contribution is 6.03. The van der Waals surface area contributed by atoms with Crippen molar-refractivity contribution in [3.8, 4) is 11.6 Å². The number of hydrogen-bond donors (Lipinski definition) is 1. The van der Waals surface area contributed by atoms with Crippen molar-refractivity contribution in [2.45, 2.75) is 52.0 Å². The van der Waals surface area contributed by atoms with Crippen LogP contribution in [0.1, 0.15) is 55.1 Å². The number of nitrogens with zero attached hydrogens (tertiary/aromatic N) is 5. The average molecular weight is 509 g/mol. The Kier molecular flexibility index (Phi) is 7.22. The monoisotopic (exact) mass is 508 g/mol. The highest BCUT2D eigenvalue weighted by Crippen LogP contribution is 2.23. The first-order valence-corrected chi connectivity index (χ1v) is 12.8. The Bertz CT molecular complexity index is 1500. The van der Waals surface area contributed by atoms with Crippen LogP contribution in [-0.2, 0) is 18.4 Å². The Balaban J connectivity index is 1.16. The van der Waals surface area contributed by atoms with Gasteiger partial charge in [0.25, 0.3) is 5.91 Å². The minimum atomic E-state index is -0.216. The molecule has 38 heavy (non-hydrogen) atoms. The van der Waals surface area contributed by atoms with Crippen LogP contribution < -0.4 is 10.1 Å². The summed E-state index contributed by atoms with van der Waals surface area (Å²) >= 11 is 0. The number of benzene rings is 2. The third-order valence-corrected chi connectivity index (χ3v) is 6.39. The smallest absolute Gasteiger partial charge is 0.256 e. The molecule has 0 spiro atoms. The van der Waals surface area contributed by atoms with Gasteiger partial charge in [-0.2, -0.15) is 0 Å². The summed E-state index contributed by atoms with van der Waals surface area (Å²) in [5.74, 6) is 1.37. The molecule has 0 unspecified atom stereocenters. The largest absolute Gasteiger partial charge is 0.438 e. The van der Waals surface area contributed by atoms with Crippen molar-refractivity contribution in [3.63, 3.8) is 0 Å². The highest BCUT2D eigenvalue weighted by atomic mass is 16.5. The molecular weight excluding hydrogens is 476 g/mol. The van der Waals surface area contributed by atoms with Gasteiger partial charge in [-0.1, -0.05) is 45.0 Å². The van der Waals surface area contributed by atoms with Crippen LogP contribution in [0, 0.1) is 0 Å². The zero-order valence-corrected chi connectivity index (χ0v) is 22.0. The van der Waals surface area contributed by atoms with Crippen molar-refractivity contribution in [1.29, 1.82) is 0 Å². The highest BCUT2D eigenvalue weighted by Gasteiger charge is 2.15. The lowest BCUT2D eigenvalue weighted by Gasteiger charge is -2.18. The number of rotatable bonds is 9. The number of amides is 1. The van der Waals surface area contributed by atoms with Crippen LogP contribution in [0.2, 0.25) is 0 Å². The number of aryl methyl sites for hydroxylation is 2. The number of unbranched alkanes of at least 4 members (excludes halogenated alkanes) is 1. The molecule has 2 aromatic carbocycles. The molecular formula is C30H32N6O2. The molecule has 0 saturated carbocycles. The number of nitrogens with one attached hydrogen (secondary N) is 1. The first kappa shape index (κ1) is 25.2. The van der Waals surface area contributed by atoms with Gasteiger partial charge >= 0.3 is 0 Å². The maximum atomic E-state index is 12.7. The van der Waals surface area contributed by atoms with Gasteiger partial charge in [0.15, 0.2) is 11.5 Å². The number of ether oxygens (including phenoxy) is 1.